The van der Waals surface area contributed by atoms with E-state index < -0.39 is 5.60 Å². The van der Waals surface area contributed by atoms with Crippen molar-refractivity contribution in [1.82, 2.24) is 20.0 Å². The summed E-state index contributed by atoms with van der Waals surface area (Å²) in [6, 6.07) is 0. The molecule has 1 N–H and O–H groups in total. The molecule has 3 rings (SSSR count). The van der Waals surface area contributed by atoms with Gasteiger partial charge in [-0.2, -0.15) is 5.10 Å². The van der Waals surface area contributed by atoms with E-state index in [-0.39, 0.29) is 29.7 Å². The fraction of sp³-hybridized carbons (Fsp3) is 0.667. The summed E-state index contributed by atoms with van der Waals surface area (Å²) in [5.41, 5.74) is 1.86. The van der Waals surface area contributed by atoms with Gasteiger partial charge in [0.05, 0.1) is 18.0 Å². The molecule has 182 valence electrons. The second-order valence-electron chi connectivity index (χ2n) is 9.79. The number of amides is 2. The fourth-order valence-electron chi connectivity index (χ4n) is 4.31. The number of aliphatic imine (C=N–C) groups is 1. The van der Waals surface area contributed by atoms with Gasteiger partial charge in [-0.1, -0.05) is 6.92 Å². The first-order valence-electron chi connectivity index (χ1n) is 11.8. The summed E-state index contributed by atoms with van der Waals surface area (Å²) in [6.07, 6.45) is 9.86. The number of nitrogens with one attached hydrogen (secondary N) is 1. The lowest BCUT2D eigenvalue weighted by atomic mass is 9.96. The number of hydrogen-bond donors (Lipinski definition) is 1. The first-order valence-corrected chi connectivity index (χ1v) is 12.3. The summed E-state index contributed by atoms with van der Waals surface area (Å²) in [5, 5.41) is 7.48. The summed E-state index contributed by atoms with van der Waals surface area (Å²) < 4.78 is 7.56. The zero-order valence-electron chi connectivity index (χ0n) is 20.1. The van der Waals surface area contributed by atoms with Gasteiger partial charge in [-0.25, -0.2) is 9.79 Å². The van der Waals surface area contributed by atoms with Crippen molar-refractivity contribution < 1.29 is 14.3 Å². The number of nitrogens with zero attached hydrogens (tertiary/aromatic N) is 4. The molecular formula is C24H36ClN5O3. The van der Waals surface area contributed by atoms with Gasteiger partial charge in [0, 0.05) is 43.0 Å². The molecule has 2 aliphatic heterocycles. The number of halogens is 1. The largest absolute Gasteiger partial charge is 0.444 e. The number of carbonyl (C=O) groups is 2. The molecule has 9 heteroatoms. The number of fused-ring (bicyclic) bond motifs is 1. The summed E-state index contributed by atoms with van der Waals surface area (Å²) in [7, 11) is 0. The fourth-order valence-corrected chi connectivity index (χ4v) is 4.38. The predicted molar refractivity (Wildman–Crippen MR) is 130 cm³/mol. The molecular weight excluding hydrogens is 442 g/mol. The van der Waals surface area contributed by atoms with Crippen LogP contribution >= 0.6 is 11.6 Å². The smallest absolute Gasteiger partial charge is 0.410 e. The third kappa shape index (κ3) is 7.06. The van der Waals surface area contributed by atoms with Gasteiger partial charge in [0.2, 0.25) is 5.91 Å². The second kappa shape index (κ2) is 11.2. The Balaban J connectivity index is 1.69. The van der Waals surface area contributed by atoms with Crippen molar-refractivity contribution >= 4 is 29.8 Å². The van der Waals surface area contributed by atoms with Crippen LogP contribution < -0.4 is 5.32 Å². The van der Waals surface area contributed by atoms with Crippen LogP contribution in [-0.4, -0.2) is 57.5 Å². The highest BCUT2D eigenvalue weighted by Crippen LogP contribution is 2.27. The average Bonchev–Trinajstić information content (AvgIpc) is 3.20. The zero-order chi connectivity index (χ0) is 24.0. The van der Waals surface area contributed by atoms with Gasteiger partial charge < -0.3 is 15.0 Å². The van der Waals surface area contributed by atoms with Crippen LogP contribution in [0.1, 0.15) is 70.6 Å². The first-order chi connectivity index (χ1) is 15.7. The Bertz CT molecular complexity index is 902. The number of ether oxygens (including phenoxy) is 1. The molecule has 0 bridgehead atoms. The van der Waals surface area contributed by atoms with Gasteiger partial charge in [-0.15, -0.1) is 11.6 Å². The van der Waals surface area contributed by atoms with Crippen LogP contribution in [0.5, 0.6) is 0 Å². The highest BCUT2D eigenvalue weighted by atomic mass is 35.5. The number of rotatable bonds is 6. The summed E-state index contributed by atoms with van der Waals surface area (Å²) in [5.74, 6) is 0.295. The standard InChI is InChI=1S/C24H36ClN5O3/c1-17(19-15-27-30-13-6-5-9-20(19)30)14-21(26-11-10-25)28-22(31)18-8-7-12-29(16-18)23(32)33-24(2,3)4/h11,14-15,17-18H,5-10,12-13,16H2,1-4H3,(H,28,31)/b21-14+,26-11?/t17?,18-/m1/s1. The highest BCUT2D eigenvalue weighted by molar-refractivity contribution is 6.24. The van der Waals surface area contributed by atoms with E-state index in [4.69, 9.17) is 16.3 Å². The van der Waals surface area contributed by atoms with E-state index in [1.54, 1.807) is 11.1 Å². The zero-order valence-corrected chi connectivity index (χ0v) is 20.9. The molecule has 2 atom stereocenters. The minimum absolute atomic E-state index is 0.0410. The Hall–Kier alpha value is -2.35. The van der Waals surface area contributed by atoms with Gasteiger partial charge in [0.15, 0.2) is 0 Å². The van der Waals surface area contributed by atoms with E-state index in [9.17, 15) is 9.59 Å². The highest BCUT2D eigenvalue weighted by Gasteiger charge is 2.31. The Morgan fingerprint density at radius 3 is 2.85 bits per heavy atom. The quantitative estimate of drug-likeness (QED) is 0.490. The number of hydrogen-bond acceptors (Lipinski definition) is 5. The third-order valence-corrected chi connectivity index (χ3v) is 6.05. The lowest BCUT2D eigenvalue weighted by Crippen LogP contribution is -2.46. The molecule has 1 aromatic heterocycles. The molecule has 33 heavy (non-hydrogen) atoms. The monoisotopic (exact) mass is 477 g/mol. The van der Waals surface area contributed by atoms with Crippen molar-refractivity contribution in [3.05, 3.63) is 29.4 Å². The van der Waals surface area contributed by atoms with Crippen molar-refractivity contribution in [1.29, 1.82) is 0 Å². The minimum atomic E-state index is -0.568. The predicted octanol–water partition coefficient (Wildman–Crippen LogP) is 4.24. The Kier molecular flexibility index (Phi) is 8.57. The van der Waals surface area contributed by atoms with Gasteiger partial charge in [-0.3, -0.25) is 9.48 Å². The van der Waals surface area contributed by atoms with Crippen molar-refractivity contribution in [2.24, 2.45) is 10.9 Å². The summed E-state index contributed by atoms with van der Waals surface area (Å²) in [4.78, 5) is 31.5. The molecule has 0 spiro atoms. The normalized spacial score (nSPS) is 20.5. The van der Waals surface area contributed by atoms with Crippen LogP contribution in [0.15, 0.2) is 23.1 Å². The number of alkyl halides is 1. The Morgan fingerprint density at radius 1 is 1.33 bits per heavy atom. The van der Waals surface area contributed by atoms with Crippen LogP contribution in [0.3, 0.4) is 0 Å². The molecule has 0 saturated carbocycles. The van der Waals surface area contributed by atoms with Crippen LogP contribution in [0.25, 0.3) is 0 Å². The third-order valence-electron chi connectivity index (χ3n) is 5.91. The molecule has 0 aromatic carbocycles. The van der Waals surface area contributed by atoms with Gasteiger partial charge in [0.1, 0.15) is 11.4 Å². The Labute approximate surface area is 201 Å². The molecule has 2 aliphatic rings. The van der Waals surface area contributed by atoms with Gasteiger partial charge in [-0.05, 0) is 59.0 Å². The molecule has 1 fully saturated rings. The van der Waals surface area contributed by atoms with Crippen molar-refractivity contribution in [3.63, 3.8) is 0 Å². The van der Waals surface area contributed by atoms with Crippen LogP contribution in [-0.2, 0) is 22.5 Å². The lowest BCUT2D eigenvalue weighted by Gasteiger charge is -2.33. The Morgan fingerprint density at radius 2 is 2.12 bits per heavy atom. The van der Waals surface area contributed by atoms with Gasteiger partial charge >= 0.3 is 6.09 Å². The topological polar surface area (TPSA) is 88.8 Å². The molecule has 1 unspecified atom stereocenters. The SMILES string of the molecule is CC(/C=C(\N=CCCl)NC(=O)[C@@H]1CCCN(C(=O)OC(C)(C)C)C1)c1cnn2c1CCCC2. The summed E-state index contributed by atoms with van der Waals surface area (Å²) in [6.45, 7) is 9.47. The number of aromatic nitrogens is 2. The lowest BCUT2D eigenvalue weighted by molar-refractivity contribution is -0.125. The molecule has 0 radical (unpaired) electrons. The van der Waals surface area contributed by atoms with Crippen molar-refractivity contribution in [3.8, 4) is 0 Å². The number of allylic oxidation sites excluding steroid dienone is 1. The van der Waals surface area contributed by atoms with Crippen molar-refractivity contribution in [2.75, 3.05) is 19.0 Å². The number of aryl methyl sites for hydroxylation is 1. The van der Waals surface area contributed by atoms with Crippen LogP contribution in [0, 0.1) is 5.92 Å². The van der Waals surface area contributed by atoms with E-state index >= 15 is 0 Å². The molecule has 1 saturated heterocycles. The molecule has 3 heterocycles. The molecule has 0 aliphatic carbocycles. The molecule has 2 amide bonds. The van der Waals surface area contributed by atoms with Crippen LogP contribution in [0.2, 0.25) is 0 Å². The van der Waals surface area contributed by atoms with E-state index in [1.165, 1.54) is 12.1 Å². The first kappa shape index (κ1) is 25.3. The maximum atomic E-state index is 13.1. The van der Waals surface area contributed by atoms with Crippen molar-refractivity contribution in [2.45, 2.75) is 77.9 Å². The molecule has 1 aromatic rings. The van der Waals surface area contributed by atoms with E-state index in [1.807, 2.05) is 33.0 Å². The minimum Gasteiger partial charge on any atom is -0.444 e. The number of piperidine rings is 1. The van der Waals surface area contributed by atoms with Crippen LogP contribution in [0.4, 0.5) is 4.79 Å². The van der Waals surface area contributed by atoms with E-state index in [0.717, 1.165) is 31.4 Å². The maximum absolute atomic E-state index is 13.1. The molecule has 8 nitrogen and oxygen atoms in total. The number of carbonyl (C=O) groups excluding carboxylic acids is 2. The van der Waals surface area contributed by atoms with Gasteiger partial charge in [0.25, 0.3) is 0 Å². The maximum Gasteiger partial charge on any atom is 0.410 e. The van der Waals surface area contributed by atoms with E-state index in [0.29, 0.717) is 25.3 Å². The van der Waals surface area contributed by atoms with E-state index in [2.05, 4.69) is 27.0 Å². The average molecular weight is 478 g/mol. The number of likely N-dealkylation sites (tertiary alicyclic amines) is 1. The second-order valence-corrected chi connectivity index (χ2v) is 10.1. The summed E-state index contributed by atoms with van der Waals surface area (Å²) >= 11 is 5.81.